The smallest absolute Gasteiger partial charge is 0.408 e. The van der Waals surface area contributed by atoms with E-state index in [-0.39, 0.29) is 12.0 Å². The zero-order valence-corrected chi connectivity index (χ0v) is 15.3. The lowest BCUT2D eigenvalue weighted by atomic mass is 10.0. The Hall–Kier alpha value is -2.96. The Bertz CT molecular complexity index is 829. The van der Waals surface area contributed by atoms with Crippen molar-refractivity contribution in [2.75, 3.05) is 0 Å². The number of hydrogen-bond donors (Lipinski definition) is 2. The molecule has 2 aromatic rings. The molecule has 144 valence electrons. The Morgan fingerprint density at radius 2 is 1.74 bits per heavy atom. The molecule has 0 saturated heterocycles. The molecule has 0 aliphatic carbocycles. The van der Waals surface area contributed by atoms with Gasteiger partial charge in [0.15, 0.2) is 0 Å². The van der Waals surface area contributed by atoms with Crippen molar-refractivity contribution in [1.29, 1.82) is 0 Å². The highest BCUT2D eigenvalue weighted by Gasteiger charge is 2.24. The van der Waals surface area contributed by atoms with Crippen LogP contribution in [0.15, 0.2) is 42.5 Å². The first-order chi connectivity index (χ1) is 12.5. The van der Waals surface area contributed by atoms with Crippen LogP contribution in [0.5, 0.6) is 0 Å². The average molecular weight is 377 g/mol. The maximum atomic E-state index is 13.9. The van der Waals surface area contributed by atoms with Crippen molar-refractivity contribution in [3.8, 4) is 11.1 Å². The summed E-state index contributed by atoms with van der Waals surface area (Å²) in [5.41, 5.74) is 0.658. The molecule has 7 heteroatoms. The molecule has 1 atom stereocenters. The van der Waals surface area contributed by atoms with E-state index in [4.69, 9.17) is 4.74 Å². The first-order valence-corrected chi connectivity index (χ1v) is 8.32. The van der Waals surface area contributed by atoms with Gasteiger partial charge in [-0.2, -0.15) is 0 Å². The molecule has 1 amide bonds. The summed E-state index contributed by atoms with van der Waals surface area (Å²) in [6, 6.07) is 8.61. The molecule has 5 nitrogen and oxygen atoms in total. The normalized spacial score (nSPS) is 12.3. The summed E-state index contributed by atoms with van der Waals surface area (Å²) in [6.45, 7) is 5.03. The number of halogens is 2. The summed E-state index contributed by atoms with van der Waals surface area (Å²) in [4.78, 5) is 23.2. The molecule has 0 fully saturated rings. The van der Waals surface area contributed by atoms with Crippen molar-refractivity contribution >= 4 is 12.1 Å². The number of hydrogen-bond acceptors (Lipinski definition) is 3. The summed E-state index contributed by atoms with van der Waals surface area (Å²) < 4.78 is 31.9. The lowest BCUT2D eigenvalue weighted by Gasteiger charge is -2.22. The lowest BCUT2D eigenvalue weighted by molar-refractivity contribution is -0.139. The van der Waals surface area contributed by atoms with E-state index in [0.717, 1.165) is 12.1 Å². The number of carbonyl (C=O) groups excluding carboxylic acids is 1. The summed E-state index contributed by atoms with van der Waals surface area (Å²) in [5, 5.41) is 11.6. The molecule has 0 aromatic heterocycles. The molecule has 27 heavy (non-hydrogen) atoms. The molecule has 0 saturated carbocycles. The minimum Gasteiger partial charge on any atom is -0.480 e. The van der Waals surface area contributed by atoms with E-state index in [1.165, 1.54) is 6.07 Å². The number of benzene rings is 2. The SMILES string of the molecule is CC(C)(C)OC(=O)N[C@@H](Cc1ccc(-c2ccc(F)cc2F)cc1)C(=O)O. The van der Waals surface area contributed by atoms with Crippen molar-refractivity contribution in [3.63, 3.8) is 0 Å². The molecule has 2 rings (SSSR count). The second kappa shape index (κ2) is 8.16. The first kappa shape index (κ1) is 20.4. The molecular weight excluding hydrogens is 356 g/mol. The molecule has 0 spiro atoms. The Balaban J connectivity index is 2.10. The highest BCUT2D eigenvalue weighted by atomic mass is 19.1. The minimum atomic E-state index is -1.20. The topological polar surface area (TPSA) is 75.6 Å². The fourth-order valence-corrected chi connectivity index (χ4v) is 2.43. The molecular formula is C20H21F2NO4. The van der Waals surface area contributed by atoms with Crippen LogP contribution in [0.4, 0.5) is 13.6 Å². The van der Waals surface area contributed by atoms with Crippen LogP contribution in [0.25, 0.3) is 11.1 Å². The predicted octanol–water partition coefficient (Wildman–Crippen LogP) is 4.15. The van der Waals surface area contributed by atoms with E-state index in [1.807, 2.05) is 0 Å². The summed E-state index contributed by atoms with van der Waals surface area (Å²) in [7, 11) is 0. The standard InChI is InChI=1S/C20H21F2NO4/c1-20(2,3)27-19(26)23-17(18(24)25)10-12-4-6-13(7-5-12)15-9-8-14(21)11-16(15)22/h4-9,11,17H,10H2,1-3H3,(H,23,26)(H,24,25)/t17-/m0/s1. The van der Waals surface area contributed by atoms with Crippen LogP contribution in [0.1, 0.15) is 26.3 Å². The predicted molar refractivity (Wildman–Crippen MR) is 96.3 cm³/mol. The quantitative estimate of drug-likeness (QED) is 0.821. The fourth-order valence-electron chi connectivity index (χ4n) is 2.43. The monoisotopic (exact) mass is 377 g/mol. The van der Waals surface area contributed by atoms with Crippen LogP contribution in [-0.4, -0.2) is 28.8 Å². The number of rotatable bonds is 5. The number of alkyl carbamates (subject to hydrolysis) is 1. The van der Waals surface area contributed by atoms with Crippen LogP contribution in [0, 0.1) is 11.6 Å². The van der Waals surface area contributed by atoms with Crippen molar-refractivity contribution in [3.05, 3.63) is 59.7 Å². The minimum absolute atomic E-state index is 0.0285. The van der Waals surface area contributed by atoms with Gasteiger partial charge in [0, 0.05) is 18.1 Å². The van der Waals surface area contributed by atoms with Gasteiger partial charge in [-0.25, -0.2) is 18.4 Å². The molecule has 0 heterocycles. The Morgan fingerprint density at radius 1 is 1.11 bits per heavy atom. The number of carboxylic acid groups (broad SMARTS) is 1. The highest BCUT2D eigenvalue weighted by Crippen LogP contribution is 2.24. The third-order valence-corrected chi connectivity index (χ3v) is 3.62. The van der Waals surface area contributed by atoms with E-state index < -0.39 is 35.3 Å². The number of ether oxygens (including phenoxy) is 1. The van der Waals surface area contributed by atoms with Gasteiger partial charge in [-0.15, -0.1) is 0 Å². The maximum absolute atomic E-state index is 13.9. The van der Waals surface area contributed by atoms with Crippen LogP contribution in [0.3, 0.4) is 0 Å². The third kappa shape index (κ3) is 6.06. The van der Waals surface area contributed by atoms with Crippen LogP contribution >= 0.6 is 0 Å². The van der Waals surface area contributed by atoms with Gasteiger partial charge >= 0.3 is 12.1 Å². The highest BCUT2D eigenvalue weighted by molar-refractivity contribution is 5.80. The zero-order chi connectivity index (χ0) is 20.2. The summed E-state index contributed by atoms with van der Waals surface area (Å²) in [5.74, 6) is -2.54. The fraction of sp³-hybridized carbons (Fsp3) is 0.300. The Labute approximate surface area is 156 Å². The van der Waals surface area contributed by atoms with Crippen molar-refractivity contribution in [2.24, 2.45) is 0 Å². The number of nitrogens with one attached hydrogen (secondary N) is 1. The van der Waals surface area contributed by atoms with Gasteiger partial charge < -0.3 is 15.2 Å². The van der Waals surface area contributed by atoms with E-state index >= 15 is 0 Å². The average Bonchev–Trinajstić information content (AvgIpc) is 2.53. The number of carbonyl (C=O) groups is 2. The first-order valence-electron chi connectivity index (χ1n) is 8.32. The Kier molecular flexibility index (Phi) is 6.15. The lowest BCUT2D eigenvalue weighted by Crippen LogP contribution is -2.44. The van der Waals surface area contributed by atoms with Crippen LogP contribution < -0.4 is 5.32 Å². The number of amides is 1. The summed E-state index contributed by atoms with van der Waals surface area (Å²) >= 11 is 0. The largest absolute Gasteiger partial charge is 0.480 e. The van der Waals surface area contributed by atoms with E-state index in [1.54, 1.807) is 45.0 Å². The van der Waals surface area contributed by atoms with Crippen molar-refractivity contribution < 1.29 is 28.2 Å². The van der Waals surface area contributed by atoms with Gasteiger partial charge in [0.1, 0.15) is 23.3 Å². The molecule has 2 aromatic carbocycles. The van der Waals surface area contributed by atoms with Gasteiger partial charge in [0.25, 0.3) is 0 Å². The molecule has 0 aliphatic rings. The van der Waals surface area contributed by atoms with Gasteiger partial charge in [0.2, 0.25) is 0 Å². The van der Waals surface area contributed by atoms with Gasteiger partial charge in [-0.05, 0) is 44.0 Å². The Morgan fingerprint density at radius 3 is 2.26 bits per heavy atom. The van der Waals surface area contributed by atoms with E-state index in [0.29, 0.717) is 11.1 Å². The second-order valence-electron chi connectivity index (χ2n) is 7.06. The molecule has 0 aliphatic heterocycles. The molecule has 0 radical (unpaired) electrons. The van der Waals surface area contributed by atoms with Gasteiger partial charge in [0.05, 0.1) is 0 Å². The molecule has 2 N–H and O–H groups in total. The molecule has 0 unspecified atom stereocenters. The van der Waals surface area contributed by atoms with Crippen molar-refractivity contribution in [1.82, 2.24) is 5.32 Å². The van der Waals surface area contributed by atoms with Crippen molar-refractivity contribution in [2.45, 2.75) is 38.8 Å². The second-order valence-corrected chi connectivity index (χ2v) is 7.06. The molecule has 0 bridgehead atoms. The number of carboxylic acids is 1. The zero-order valence-electron chi connectivity index (χ0n) is 15.3. The van der Waals surface area contributed by atoms with E-state index in [9.17, 15) is 23.5 Å². The summed E-state index contributed by atoms with van der Waals surface area (Å²) in [6.07, 6.45) is -0.791. The van der Waals surface area contributed by atoms with Gasteiger partial charge in [-0.3, -0.25) is 0 Å². The van der Waals surface area contributed by atoms with Crippen LogP contribution in [-0.2, 0) is 16.0 Å². The number of aliphatic carboxylic acids is 1. The van der Waals surface area contributed by atoms with Crippen LogP contribution in [0.2, 0.25) is 0 Å². The van der Waals surface area contributed by atoms with Gasteiger partial charge in [-0.1, -0.05) is 24.3 Å². The third-order valence-electron chi connectivity index (χ3n) is 3.62. The van der Waals surface area contributed by atoms with E-state index in [2.05, 4.69) is 5.32 Å². The maximum Gasteiger partial charge on any atom is 0.408 e.